The predicted octanol–water partition coefficient (Wildman–Crippen LogP) is -1.19. The zero-order chi connectivity index (χ0) is 5.82. The average Bonchev–Trinajstić information content (AvgIpc) is 2.19. The third-order valence-electron chi connectivity index (χ3n) is 1.39. The Morgan fingerprint density at radius 1 is 1.62 bits per heavy atom. The molecule has 3 heteroatoms. The summed E-state index contributed by atoms with van der Waals surface area (Å²) in [6, 6.07) is 0. The number of hydrogen-bond donors (Lipinski definition) is 2. The smallest absolute Gasteiger partial charge is 0.0481 e. The van der Waals surface area contributed by atoms with Crippen molar-refractivity contribution in [3.8, 4) is 0 Å². The molecule has 3 N–H and O–H groups in total. The summed E-state index contributed by atoms with van der Waals surface area (Å²) in [7, 11) is 0. The Kier molecular flexibility index (Phi) is 2.27. The average molecular weight is 115 g/mol. The van der Waals surface area contributed by atoms with E-state index in [1.54, 1.807) is 0 Å². The van der Waals surface area contributed by atoms with Gasteiger partial charge in [0, 0.05) is 32.8 Å². The van der Waals surface area contributed by atoms with Crippen molar-refractivity contribution in [1.29, 1.82) is 0 Å². The van der Waals surface area contributed by atoms with Crippen molar-refractivity contribution in [2.45, 2.75) is 0 Å². The van der Waals surface area contributed by atoms with Crippen LogP contribution in [0.25, 0.3) is 0 Å². The van der Waals surface area contributed by atoms with Gasteiger partial charge < -0.3 is 11.1 Å². The Labute approximate surface area is 49.8 Å². The van der Waals surface area contributed by atoms with Gasteiger partial charge in [0.25, 0.3) is 0 Å². The molecule has 8 heavy (non-hydrogen) atoms. The number of nitrogens with one attached hydrogen (secondary N) is 1. The molecule has 0 aromatic carbocycles. The van der Waals surface area contributed by atoms with Gasteiger partial charge in [-0.1, -0.05) is 0 Å². The molecule has 0 amide bonds. The van der Waals surface area contributed by atoms with E-state index < -0.39 is 0 Å². The molecule has 0 unspecified atom stereocenters. The van der Waals surface area contributed by atoms with E-state index in [0.29, 0.717) is 0 Å². The van der Waals surface area contributed by atoms with Gasteiger partial charge >= 0.3 is 0 Å². The van der Waals surface area contributed by atoms with E-state index in [-0.39, 0.29) is 0 Å². The zero-order valence-electron chi connectivity index (χ0n) is 5.06. The lowest BCUT2D eigenvalue weighted by atomic mass is 10.5. The molecule has 0 atom stereocenters. The molecule has 3 nitrogen and oxygen atoms in total. The van der Waals surface area contributed by atoms with Crippen LogP contribution in [0.3, 0.4) is 0 Å². The van der Waals surface area contributed by atoms with Crippen LogP contribution >= 0.6 is 0 Å². The largest absolute Gasteiger partial charge is 0.329 e. The molecule has 0 spiro atoms. The fraction of sp³-hybridized carbons (Fsp3) is 1.00. The first-order valence-corrected chi connectivity index (χ1v) is 3.06. The highest BCUT2D eigenvalue weighted by Crippen LogP contribution is 1.88. The van der Waals surface area contributed by atoms with Crippen molar-refractivity contribution in [2.24, 2.45) is 5.73 Å². The summed E-state index contributed by atoms with van der Waals surface area (Å²) in [6.45, 7) is 5.13. The van der Waals surface area contributed by atoms with Crippen molar-refractivity contribution >= 4 is 0 Å². The minimum Gasteiger partial charge on any atom is -0.329 e. The highest BCUT2D eigenvalue weighted by Gasteiger charge is 2.07. The van der Waals surface area contributed by atoms with Crippen LogP contribution in [0.15, 0.2) is 0 Å². The summed E-state index contributed by atoms with van der Waals surface area (Å²) in [4.78, 5) is 2.31. The van der Waals surface area contributed by atoms with Crippen LogP contribution in [-0.2, 0) is 0 Å². The van der Waals surface area contributed by atoms with Gasteiger partial charge in [0.1, 0.15) is 0 Å². The molecule has 0 aliphatic carbocycles. The van der Waals surface area contributed by atoms with Crippen LogP contribution in [0.4, 0.5) is 0 Å². The van der Waals surface area contributed by atoms with Crippen LogP contribution < -0.4 is 11.1 Å². The van der Waals surface area contributed by atoms with Gasteiger partial charge in [0.15, 0.2) is 0 Å². The summed E-state index contributed by atoms with van der Waals surface area (Å²) in [5.41, 5.74) is 5.34. The van der Waals surface area contributed by atoms with E-state index in [4.69, 9.17) is 5.73 Å². The van der Waals surface area contributed by atoms with Crippen molar-refractivity contribution < 1.29 is 0 Å². The van der Waals surface area contributed by atoms with Gasteiger partial charge in [-0.2, -0.15) is 0 Å². The van der Waals surface area contributed by atoms with Crippen LogP contribution in [0.5, 0.6) is 0 Å². The predicted molar refractivity (Wildman–Crippen MR) is 33.5 cm³/mol. The third kappa shape index (κ3) is 1.43. The lowest BCUT2D eigenvalue weighted by Gasteiger charge is -2.10. The van der Waals surface area contributed by atoms with Crippen molar-refractivity contribution in [2.75, 3.05) is 32.8 Å². The fourth-order valence-corrected chi connectivity index (χ4v) is 0.927. The second-order valence-corrected chi connectivity index (χ2v) is 2.06. The maximum atomic E-state index is 5.34. The number of rotatable bonds is 2. The first-order chi connectivity index (χ1) is 3.93. The summed E-state index contributed by atoms with van der Waals surface area (Å²) < 4.78 is 0. The SMILES string of the molecule is NCCN1CCNC1. The lowest BCUT2D eigenvalue weighted by molar-refractivity contribution is 0.345. The normalized spacial score (nSPS) is 22.1. The summed E-state index contributed by atoms with van der Waals surface area (Å²) in [5, 5.41) is 3.23. The Bertz CT molecular complexity index is 58.7. The van der Waals surface area contributed by atoms with Gasteiger partial charge in [-0.25, -0.2) is 0 Å². The molecule has 1 rings (SSSR count). The van der Waals surface area contributed by atoms with E-state index in [1.165, 1.54) is 0 Å². The molecule has 1 fully saturated rings. The highest BCUT2D eigenvalue weighted by molar-refractivity contribution is 4.64. The summed E-state index contributed by atoms with van der Waals surface area (Å²) in [6.07, 6.45) is 0. The molecule has 1 aliphatic rings. The Morgan fingerprint density at radius 3 is 3.00 bits per heavy atom. The fourth-order valence-electron chi connectivity index (χ4n) is 0.927. The van der Waals surface area contributed by atoms with Crippen molar-refractivity contribution in [1.82, 2.24) is 10.2 Å². The van der Waals surface area contributed by atoms with Gasteiger partial charge in [0.05, 0.1) is 0 Å². The number of hydrogen-bond acceptors (Lipinski definition) is 3. The quantitative estimate of drug-likeness (QED) is 0.475. The van der Waals surface area contributed by atoms with Crippen molar-refractivity contribution in [3.05, 3.63) is 0 Å². The van der Waals surface area contributed by atoms with Gasteiger partial charge in [0.2, 0.25) is 0 Å². The topological polar surface area (TPSA) is 41.3 Å². The summed E-state index contributed by atoms with van der Waals surface area (Å²) >= 11 is 0. The molecule has 1 aliphatic heterocycles. The monoisotopic (exact) mass is 115 g/mol. The minimum absolute atomic E-state index is 0.779. The molecule has 0 aromatic heterocycles. The Hall–Kier alpha value is -0.120. The maximum absolute atomic E-state index is 5.34. The van der Waals surface area contributed by atoms with E-state index in [2.05, 4.69) is 10.2 Å². The second kappa shape index (κ2) is 3.02. The van der Waals surface area contributed by atoms with Gasteiger partial charge in [-0.3, -0.25) is 4.90 Å². The molecule has 48 valence electrons. The molecule has 0 radical (unpaired) electrons. The van der Waals surface area contributed by atoms with Crippen LogP contribution in [-0.4, -0.2) is 37.7 Å². The first kappa shape index (κ1) is 6.01. The molecule has 0 bridgehead atoms. The highest BCUT2D eigenvalue weighted by atomic mass is 15.3. The number of nitrogens with zero attached hydrogens (tertiary/aromatic N) is 1. The van der Waals surface area contributed by atoms with E-state index >= 15 is 0 Å². The second-order valence-electron chi connectivity index (χ2n) is 2.06. The van der Waals surface area contributed by atoms with E-state index in [0.717, 1.165) is 32.8 Å². The first-order valence-electron chi connectivity index (χ1n) is 3.06. The van der Waals surface area contributed by atoms with Crippen LogP contribution in [0, 0.1) is 0 Å². The van der Waals surface area contributed by atoms with Crippen LogP contribution in [0.2, 0.25) is 0 Å². The Morgan fingerprint density at radius 2 is 2.50 bits per heavy atom. The molecular weight excluding hydrogens is 102 g/mol. The third-order valence-corrected chi connectivity index (χ3v) is 1.39. The minimum atomic E-state index is 0.779. The number of nitrogens with two attached hydrogens (primary N) is 1. The molecular formula is C5H13N3. The van der Waals surface area contributed by atoms with E-state index in [9.17, 15) is 0 Å². The van der Waals surface area contributed by atoms with E-state index in [1.807, 2.05) is 0 Å². The zero-order valence-corrected chi connectivity index (χ0v) is 5.06. The van der Waals surface area contributed by atoms with Gasteiger partial charge in [-0.15, -0.1) is 0 Å². The molecule has 1 heterocycles. The molecule has 0 aromatic rings. The summed E-state index contributed by atoms with van der Waals surface area (Å²) in [5.74, 6) is 0. The Balaban J connectivity index is 2.06. The lowest BCUT2D eigenvalue weighted by Crippen LogP contribution is -2.28. The molecule has 1 saturated heterocycles. The maximum Gasteiger partial charge on any atom is 0.0481 e. The van der Waals surface area contributed by atoms with Crippen LogP contribution in [0.1, 0.15) is 0 Å². The van der Waals surface area contributed by atoms with Crippen molar-refractivity contribution in [3.63, 3.8) is 0 Å². The standard InChI is InChI=1S/C5H13N3/c6-1-3-8-4-2-7-5-8/h7H,1-6H2. The van der Waals surface area contributed by atoms with Gasteiger partial charge in [-0.05, 0) is 0 Å². The molecule has 0 saturated carbocycles.